The molecular formula is C17H20FN3O3. The van der Waals surface area contributed by atoms with Crippen LogP contribution < -0.4 is 0 Å². The smallest absolute Gasteiger partial charge is 0.290 e. The van der Waals surface area contributed by atoms with Gasteiger partial charge in [-0.25, -0.2) is 9.37 Å². The molecule has 3 rings (SSSR count). The number of rotatable bonds is 4. The Labute approximate surface area is 139 Å². The largest absolute Gasteiger partial charge is 0.393 e. The van der Waals surface area contributed by atoms with E-state index in [0.717, 1.165) is 5.56 Å². The molecule has 1 N–H and O–H groups in total. The molecule has 0 spiro atoms. The maximum atomic E-state index is 13.1. The Hall–Kier alpha value is -2.25. The highest BCUT2D eigenvalue weighted by molar-refractivity contribution is 5.91. The first-order valence-corrected chi connectivity index (χ1v) is 7.79. The van der Waals surface area contributed by atoms with Crippen molar-refractivity contribution in [1.29, 1.82) is 0 Å². The SMILES string of the molecule is Cn1ccnc1C(=O)N1CCO[C@@](CO)(Cc2ccc(F)cc2)C1. The van der Waals surface area contributed by atoms with E-state index in [1.54, 1.807) is 41.0 Å². The Morgan fingerprint density at radius 3 is 2.79 bits per heavy atom. The topological polar surface area (TPSA) is 67.6 Å². The molecule has 1 aromatic carbocycles. The summed E-state index contributed by atoms with van der Waals surface area (Å²) in [5.41, 5.74) is -0.0478. The second-order valence-corrected chi connectivity index (χ2v) is 6.08. The number of hydrogen-bond acceptors (Lipinski definition) is 4. The average molecular weight is 333 g/mol. The number of hydrogen-bond donors (Lipinski definition) is 1. The van der Waals surface area contributed by atoms with Crippen LogP contribution in [-0.2, 0) is 18.2 Å². The highest BCUT2D eigenvalue weighted by Crippen LogP contribution is 2.24. The van der Waals surface area contributed by atoms with Gasteiger partial charge in [-0.1, -0.05) is 12.1 Å². The number of aromatic nitrogens is 2. The number of imidazole rings is 1. The number of nitrogens with zero attached hydrogens (tertiary/aromatic N) is 3. The lowest BCUT2D eigenvalue weighted by Crippen LogP contribution is -2.57. The number of ether oxygens (including phenoxy) is 1. The molecule has 1 saturated heterocycles. The Morgan fingerprint density at radius 2 is 2.17 bits per heavy atom. The first kappa shape index (κ1) is 16.6. The van der Waals surface area contributed by atoms with Gasteiger partial charge < -0.3 is 19.3 Å². The van der Waals surface area contributed by atoms with Gasteiger partial charge in [0, 0.05) is 32.4 Å². The zero-order chi connectivity index (χ0) is 17.2. The number of halogens is 1. The van der Waals surface area contributed by atoms with Crippen LogP contribution in [0, 0.1) is 5.82 Å². The third kappa shape index (κ3) is 3.32. The predicted octanol–water partition coefficient (Wildman–Crippen LogP) is 1.01. The van der Waals surface area contributed by atoms with E-state index in [-0.39, 0.29) is 24.9 Å². The zero-order valence-corrected chi connectivity index (χ0v) is 13.5. The average Bonchev–Trinajstić information content (AvgIpc) is 3.02. The second kappa shape index (κ2) is 6.70. The summed E-state index contributed by atoms with van der Waals surface area (Å²) in [7, 11) is 1.76. The molecule has 0 unspecified atom stereocenters. The lowest BCUT2D eigenvalue weighted by Gasteiger charge is -2.41. The lowest BCUT2D eigenvalue weighted by molar-refractivity contribution is -0.123. The van der Waals surface area contributed by atoms with E-state index in [9.17, 15) is 14.3 Å². The van der Waals surface area contributed by atoms with Crippen molar-refractivity contribution in [2.24, 2.45) is 7.05 Å². The Morgan fingerprint density at radius 1 is 1.42 bits per heavy atom. The molecule has 1 atom stereocenters. The maximum absolute atomic E-state index is 13.1. The molecule has 6 nitrogen and oxygen atoms in total. The first-order chi connectivity index (χ1) is 11.5. The molecule has 0 radical (unpaired) electrons. The van der Waals surface area contributed by atoms with Crippen molar-refractivity contribution in [2.45, 2.75) is 12.0 Å². The summed E-state index contributed by atoms with van der Waals surface area (Å²) in [5, 5.41) is 9.88. The minimum atomic E-state index is -0.892. The summed E-state index contributed by atoms with van der Waals surface area (Å²) < 4.78 is 20.5. The van der Waals surface area contributed by atoms with Gasteiger partial charge in [0.15, 0.2) is 5.82 Å². The fraction of sp³-hybridized carbons (Fsp3) is 0.412. The molecular weight excluding hydrogens is 313 g/mol. The van der Waals surface area contributed by atoms with Gasteiger partial charge in [-0.15, -0.1) is 0 Å². The maximum Gasteiger partial charge on any atom is 0.290 e. The highest BCUT2D eigenvalue weighted by Gasteiger charge is 2.39. The number of aryl methyl sites for hydroxylation is 1. The number of aliphatic hydroxyl groups excluding tert-OH is 1. The predicted molar refractivity (Wildman–Crippen MR) is 85.0 cm³/mol. The summed E-state index contributed by atoms with van der Waals surface area (Å²) in [6, 6.07) is 6.07. The van der Waals surface area contributed by atoms with Gasteiger partial charge in [-0.05, 0) is 17.7 Å². The molecule has 7 heteroatoms. The quantitative estimate of drug-likeness (QED) is 0.907. The van der Waals surface area contributed by atoms with Gasteiger partial charge in [-0.3, -0.25) is 4.79 Å². The van der Waals surface area contributed by atoms with Crippen LogP contribution in [0.5, 0.6) is 0 Å². The fourth-order valence-corrected chi connectivity index (χ4v) is 2.96. The summed E-state index contributed by atoms with van der Waals surface area (Å²) in [5.74, 6) is -0.152. The van der Waals surface area contributed by atoms with E-state index in [2.05, 4.69) is 4.98 Å². The molecule has 1 fully saturated rings. The monoisotopic (exact) mass is 333 g/mol. The van der Waals surface area contributed by atoms with Crippen molar-refractivity contribution in [2.75, 3.05) is 26.3 Å². The number of aliphatic hydroxyl groups is 1. The zero-order valence-electron chi connectivity index (χ0n) is 13.5. The number of carbonyl (C=O) groups is 1. The molecule has 0 saturated carbocycles. The molecule has 2 aromatic rings. The summed E-state index contributed by atoms with van der Waals surface area (Å²) >= 11 is 0. The van der Waals surface area contributed by atoms with Gasteiger partial charge in [0.25, 0.3) is 5.91 Å². The number of carbonyl (C=O) groups excluding carboxylic acids is 1. The Kier molecular flexibility index (Phi) is 4.64. The van der Waals surface area contributed by atoms with Crippen LogP contribution in [0.25, 0.3) is 0 Å². The third-order valence-corrected chi connectivity index (χ3v) is 4.28. The fourth-order valence-electron chi connectivity index (χ4n) is 2.96. The van der Waals surface area contributed by atoms with E-state index < -0.39 is 5.60 Å². The molecule has 0 aliphatic carbocycles. The summed E-state index contributed by atoms with van der Waals surface area (Å²) in [6.45, 7) is 0.802. The third-order valence-electron chi connectivity index (χ3n) is 4.28. The molecule has 1 aliphatic rings. The van der Waals surface area contributed by atoms with E-state index in [0.29, 0.717) is 25.4 Å². The minimum absolute atomic E-state index is 0.192. The van der Waals surface area contributed by atoms with Gasteiger partial charge in [0.05, 0.1) is 19.8 Å². The second-order valence-electron chi connectivity index (χ2n) is 6.08. The van der Waals surface area contributed by atoms with Gasteiger partial charge in [0.1, 0.15) is 11.4 Å². The van der Waals surface area contributed by atoms with Gasteiger partial charge in [0.2, 0.25) is 0 Å². The molecule has 128 valence electrons. The number of amides is 1. The van der Waals surface area contributed by atoms with Crippen LogP contribution in [0.1, 0.15) is 16.2 Å². The molecule has 2 heterocycles. The van der Waals surface area contributed by atoms with E-state index >= 15 is 0 Å². The highest BCUT2D eigenvalue weighted by atomic mass is 19.1. The number of benzene rings is 1. The van der Waals surface area contributed by atoms with Crippen molar-refractivity contribution >= 4 is 5.91 Å². The lowest BCUT2D eigenvalue weighted by atomic mass is 9.93. The van der Waals surface area contributed by atoms with Crippen LogP contribution in [-0.4, -0.2) is 57.4 Å². The Balaban J connectivity index is 1.77. The van der Waals surface area contributed by atoms with Crippen LogP contribution in [0.4, 0.5) is 4.39 Å². The van der Waals surface area contributed by atoms with Crippen molar-refractivity contribution in [3.63, 3.8) is 0 Å². The molecule has 1 aliphatic heterocycles. The van der Waals surface area contributed by atoms with Crippen LogP contribution in [0.3, 0.4) is 0 Å². The standard InChI is InChI=1S/C17H20FN3O3/c1-20-7-6-19-15(20)16(23)21-8-9-24-17(11-21,12-22)10-13-2-4-14(18)5-3-13/h2-7,22H,8-12H2,1H3/t17-/m0/s1. The van der Waals surface area contributed by atoms with Crippen molar-refractivity contribution in [3.8, 4) is 0 Å². The first-order valence-electron chi connectivity index (χ1n) is 7.79. The van der Waals surface area contributed by atoms with Crippen LogP contribution in [0.15, 0.2) is 36.7 Å². The summed E-state index contributed by atoms with van der Waals surface area (Å²) in [4.78, 5) is 18.4. The van der Waals surface area contributed by atoms with Crippen LogP contribution in [0.2, 0.25) is 0 Å². The molecule has 1 aromatic heterocycles. The molecule has 1 amide bonds. The van der Waals surface area contributed by atoms with E-state index in [4.69, 9.17) is 4.74 Å². The van der Waals surface area contributed by atoms with Crippen molar-refractivity contribution in [3.05, 3.63) is 53.9 Å². The Bertz CT molecular complexity index is 716. The van der Waals surface area contributed by atoms with E-state index in [1.165, 1.54) is 12.1 Å². The minimum Gasteiger partial charge on any atom is -0.393 e. The van der Waals surface area contributed by atoms with E-state index in [1.807, 2.05) is 0 Å². The van der Waals surface area contributed by atoms with Crippen LogP contribution >= 0.6 is 0 Å². The molecule has 0 bridgehead atoms. The number of morpholine rings is 1. The molecule has 24 heavy (non-hydrogen) atoms. The van der Waals surface area contributed by atoms with Crippen molar-refractivity contribution < 1.29 is 19.0 Å². The van der Waals surface area contributed by atoms with Gasteiger partial charge in [-0.2, -0.15) is 0 Å². The van der Waals surface area contributed by atoms with Gasteiger partial charge >= 0.3 is 0 Å². The van der Waals surface area contributed by atoms with Crippen molar-refractivity contribution in [1.82, 2.24) is 14.5 Å². The normalized spacial score (nSPS) is 21.0. The summed E-state index contributed by atoms with van der Waals surface area (Å²) in [6.07, 6.45) is 3.69.